The molecule has 0 aliphatic carbocycles. The first-order valence-corrected chi connectivity index (χ1v) is 7.73. The molecule has 0 aromatic carbocycles. The van der Waals surface area contributed by atoms with Crippen molar-refractivity contribution in [2.45, 2.75) is 18.1 Å². The molecule has 19 heavy (non-hydrogen) atoms. The molecule has 0 atom stereocenters. The minimum absolute atomic E-state index is 0.228. The van der Waals surface area contributed by atoms with Gasteiger partial charge < -0.3 is 14.2 Å². The number of ether oxygens (including phenoxy) is 3. The van der Waals surface area contributed by atoms with Crippen LogP contribution in [0.15, 0.2) is 4.21 Å². The van der Waals surface area contributed by atoms with Crippen molar-refractivity contribution in [1.29, 1.82) is 0 Å². The summed E-state index contributed by atoms with van der Waals surface area (Å²) in [6.07, 6.45) is 1.82. The Balaban J connectivity index is 3.28. The van der Waals surface area contributed by atoms with E-state index in [-0.39, 0.29) is 23.8 Å². The largest absolute Gasteiger partial charge is 0.494 e. The average Bonchev–Trinajstić information content (AvgIpc) is 2.77. The number of carbonyl (C=O) groups excluding carboxylic acids is 2. The highest BCUT2D eigenvalue weighted by atomic mass is 32.2. The summed E-state index contributed by atoms with van der Waals surface area (Å²) in [4.78, 5) is 24.1. The van der Waals surface area contributed by atoms with Gasteiger partial charge in [-0.15, -0.1) is 23.1 Å². The van der Waals surface area contributed by atoms with Crippen LogP contribution in [-0.4, -0.2) is 38.5 Å². The average molecular weight is 304 g/mol. The van der Waals surface area contributed by atoms with Crippen molar-refractivity contribution in [3.63, 3.8) is 0 Å². The quantitative estimate of drug-likeness (QED) is 0.595. The molecule has 1 heterocycles. The Hall–Kier alpha value is -1.21. The van der Waals surface area contributed by atoms with Gasteiger partial charge in [0.25, 0.3) is 0 Å². The summed E-state index contributed by atoms with van der Waals surface area (Å²) in [5.41, 5.74) is 0.296. The second-order valence-corrected chi connectivity index (χ2v) is 5.37. The van der Waals surface area contributed by atoms with Crippen molar-refractivity contribution < 1.29 is 23.8 Å². The Morgan fingerprint density at radius 3 is 2.21 bits per heavy atom. The van der Waals surface area contributed by atoms with Crippen LogP contribution < -0.4 is 4.74 Å². The molecular formula is C12H16O5S2. The third kappa shape index (κ3) is 3.42. The molecule has 0 radical (unpaired) electrons. The zero-order valence-electron chi connectivity index (χ0n) is 11.3. The van der Waals surface area contributed by atoms with Gasteiger partial charge in [0.1, 0.15) is 5.56 Å². The molecule has 0 saturated heterocycles. The number of hydrogen-bond acceptors (Lipinski definition) is 7. The monoisotopic (exact) mass is 304 g/mol. The van der Waals surface area contributed by atoms with E-state index in [0.717, 1.165) is 0 Å². The highest BCUT2D eigenvalue weighted by molar-refractivity contribution is 8.00. The van der Waals surface area contributed by atoms with Crippen LogP contribution in [0.4, 0.5) is 0 Å². The molecule has 7 heteroatoms. The van der Waals surface area contributed by atoms with Gasteiger partial charge in [0.05, 0.1) is 24.5 Å². The molecular weight excluding hydrogens is 288 g/mol. The fourth-order valence-electron chi connectivity index (χ4n) is 1.45. The first-order valence-electron chi connectivity index (χ1n) is 5.69. The van der Waals surface area contributed by atoms with Crippen LogP contribution in [0.5, 0.6) is 5.75 Å². The van der Waals surface area contributed by atoms with Gasteiger partial charge in [-0.05, 0) is 20.1 Å². The van der Waals surface area contributed by atoms with Crippen molar-refractivity contribution in [2.75, 3.05) is 26.6 Å². The predicted octanol–water partition coefficient (Wildman–Crippen LogP) is 2.83. The Morgan fingerprint density at radius 1 is 1.16 bits per heavy atom. The van der Waals surface area contributed by atoms with Gasteiger partial charge in [0.2, 0.25) is 0 Å². The molecule has 1 aromatic heterocycles. The summed E-state index contributed by atoms with van der Waals surface area (Å²) >= 11 is 2.54. The van der Waals surface area contributed by atoms with Crippen LogP contribution in [0.3, 0.4) is 0 Å². The summed E-state index contributed by atoms with van der Waals surface area (Å²) in [6.45, 7) is 3.98. The van der Waals surface area contributed by atoms with Crippen LogP contribution in [-0.2, 0) is 9.47 Å². The summed E-state index contributed by atoms with van der Waals surface area (Å²) in [5.74, 6) is -0.753. The predicted molar refractivity (Wildman–Crippen MR) is 74.6 cm³/mol. The van der Waals surface area contributed by atoms with Gasteiger partial charge in [-0.2, -0.15) is 0 Å². The number of carbonyl (C=O) groups is 2. The molecule has 0 saturated carbocycles. The molecule has 0 spiro atoms. The molecule has 106 valence electrons. The maximum atomic E-state index is 11.9. The zero-order chi connectivity index (χ0) is 14.4. The highest BCUT2D eigenvalue weighted by Crippen LogP contribution is 2.41. The molecule has 0 amide bonds. The summed E-state index contributed by atoms with van der Waals surface area (Å²) < 4.78 is 15.8. The van der Waals surface area contributed by atoms with E-state index in [1.807, 2.05) is 6.26 Å². The van der Waals surface area contributed by atoms with Crippen molar-refractivity contribution in [3.05, 3.63) is 10.4 Å². The number of thioether (sulfide) groups is 1. The molecule has 0 aliphatic rings. The first kappa shape index (κ1) is 15.8. The summed E-state index contributed by atoms with van der Waals surface area (Å²) in [5, 5.41) is 0. The number of esters is 2. The molecule has 5 nitrogen and oxygen atoms in total. The number of thiophene rings is 1. The number of rotatable bonds is 6. The Morgan fingerprint density at radius 2 is 1.74 bits per heavy atom. The van der Waals surface area contributed by atoms with E-state index >= 15 is 0 Å². The van der Waals surface area contributed by atoms with Gasteiger partial charge >= 0.3 is 11.9 Å². The van der Waals surface area contributed by atoms with E-state index in [1.165, 1.54) is 30.2 Å². The molecule has 1 aromatic rings. The molecule has 0 unspecified atom stereocenters. The molecule has 1 rings (SSSR count). The van der Waals surface area contributed by atoms with Crippen molar-refractivity contribution in [1.82, 2.24) is 0 Å². The lowest BCUT2D eigenvalue weighted by Gasteiger charge is -2.06. The lowest BCUT2D eigenvalue weighted by atomic mass is 10.2. The second kappa shape index (κ2) is 7.40. The lowest BCUT2D eigenvalue weighted by molar-refractivity contribution is 0.0519. The topological polar surface area (TPSA) is 61.8 Å². The van der Waals surface area contributed by atoms with E-state index in [1.54, 1.807) is 13.8 Å². The molecule has 0 fully saturated rings. The number of methoxy groups -OCH3 is 1. The van der Waals surface area contributed by atoms with Crippen LogP contribution in [0.1, 0.15) is 33.9 Å². The van der Waals surface area contributed by atoms with E-state index in [4.69, 9.17) is 14.2 Å². The Bertz CT molecular complexity index is 467. The minimum atomic E-state index is -0.491. The van der Waals surface area contributed by atoms with Gasteiger partial charge in [-0.3, -0.25) is 0 Å². The highest BCUT2D eigenvalue weighted by Gasteiger charge is 2.29. The van der Waals surface area contributed by atoms with Gasteiger partial charge in [-0.1, -0.05) is 0 Å². The minimum Gasteiger partial charge on any atom is -0.494 e. The molecule has 0 aliphatic heterocycles. The fourth-order valence-corrected chi connectivity index (χ4v) is 3.29. The maximum absolute atomic E-state index is 11.9. The standard InChI is InChI=1S/C12H16O5S2/c1-5-16-10(13)7-8(15-3)9(11(14)17-6-2)19-12(7)18-4/h5-6H2,1-4H3. The van der Waals surface area contributed by atoms with E-state index in [9.17, 15) is 9.59 Å². The van der Waals surface area contributed by atoms with Crippen molar-refractivity contribution in [2.24, 2.45) is 0 Å². The first-order chi connectivity index (χ1) is 9.10. The van der Waals surface area contributed by atoms with E-state index < -0.39 is 11.9 Å². The molecule has 0 bridgehead atoms. The van der Waals surface area contributed by atoms with Crippen molar-refractivity contribution in [3.8, 4) is 5.75 Å². The van der Waals surface area contributed by atoms with Crippen LogP contribution in [0.25, 0.3) is 0 Å². The molecule has 0 N–H and O–H groups in total. The lowest BCUT2D eigenvalue weighted by Crippen LogP contribution is -2.08. The Kier molecular flexibility index (Phi) is 6.17. The normalized spacial score (nSPS) is 10.1. The Labute approximate surface area is 120 Å². The smallest absolute Gasteiger partial charge is 0.352 e. The second-order valence-electron chi connectivity index (χ2n) is 3.27. The SMILES string of the molecule is CCOC(=O)c1sc(SC)c(C(=O)OCC)c1OC. The van der Waals surface area contributed by atoms with Gasteiger partial charge in [0.15, 0.2) is 10.6 Å². The van der Waals surface area contributed by atoms with Crippen molar-refractivity contribution >= 4 is 35.0 Å². The van der Waals surface area contributed by atoms with E-state index in [2.05, 4.69) is 0 Å². The zero-order valence-corrected chi connectivity index (χ0v) is 12.9. The van der Waals surface area contributed by atoms with Crippen LogP contribution in [0, 0.1) is 0 Å². The number of hydrogen-bond donors (Lipinski definition) is 0. The van der Waals surface area contributed by atoms with Gasteiger partial charge in [-0.25, -0.2) is 9.59 Å². The maximum Gasteiger partial charge on any atom is 0.352 e. The summed E-state index contributed by atoms with van der Waals surface area (Å²) in [7, 11) is 1.41. The van der Waals surface area contributed by atoms with E-state index in [0.29, 0.717) is 9.77 Å². The third-order valence-electron chi connectivity index (χ3n) is 2.16. The summed E-state index contributed by atoms with van der Waals surface area (Å²) in [6, 6.07) is 0. The van der Waals surface area contributed by atoms with Crippen LogP contribution in [0.2, 0.25) is 0 Å². The van der Waals surface area contributed by atoms with Crippen LogP contribution >= 0.6 is 23.1 Å². The third-order valence-corrected chi connectivity index (χ3v) is 4.43. The van der Waals surface area contributed by atoms with Gasteiger partial charge in [0, 0.05) is 0 Å². The fraction of sp³-hybridized carbons (Fsp3) is 0.500.